The maximum absolute atomic E-state index is 11.4. The van der Waals surface area contributed by atoms with E-state index in [-0.39, 0.29) is 12.5 Å². The van der Waals surface area contributed by atoms with Crippen LogP contribution in [0.4, 0.5) is 0 Å². The molecule has 1 rings (SSSR count). The molecule has 1 aromatic rings. The highest BCUT2D eigenvalue weighted by Gasteiger charge is 2.09. The van der Waals surface area contributed by atoms with E-state index in [9.17, 15) is 4.79 Å². The summed E-state index contributed by atoms with van der Waals surface area (Å²) in [7, 11) is 0. The van der Waals surface area contributed by atoms with Crippen molar-refractivity contribution in [2.24, 2.45) is 5.73 Å². The minimum atomic E-state index is -0.0788. The monoisotopic (exact) mass is 217 g/mol. The van der Waals surface area contributed by atoms with Crippen molar-refractivity contribution in [3.05, 3.63) is 35.4 Å². The lowest BCUT2D eigenvalue weighted by Gasteiger charge is -2.20. The molecule has 2 N–H and O–H groups in total. The summed E-state index contributed by atoms with van der Waals surface area (Å²) in [6.45, 7) is 3.04. The molecule has 84 valence electrons. The topological polar surface area (TPSA) is 70.1 Å². The number of carbonyl (C=O) groups excluding carboxylic acids is 1. The van der Waals surface area contributed by atoms with Crippen LogP contribution in [0.5, 0.6) is 0 Å². The molecule has 0 unspecified atom stereocenters. The second-order valence-corrected chi connectivity index (χ2v) is 3.42. The van der Waals surface area contributed by atoms with Gasteiger partial charge in [0.2, 0.25) is 5.91 Å². The average molecular weight is 217 g/mol. The SMILES string of the molecule is CCN(Cc1cccc(C#N)c1)C(=O)CN. The van der Waals surface area contributed by atoms with Crippen LogP contribution in [0, 0.1) is 11.3 Å². The molecule has 0 bridgehead atoms. The summed E-state index contributed by atoms with van der Waals surface area (Å²) in [5, 5.41) is 8.76. The maximum Gasteiger partial charge on any atom is 0.236 e. The molecule has 1 amide bonds. The predicted molar refractivity (Wildman–Crippen MR) is 61.3 cm³/mol. The number of likely N-dealkylation sites (N-methyl/N-ethyl adjacent to an activating group) is 1. The van der Waals surface area contributed by atoms with Crippen LogP contribution in [0.25, 0.3) is 0 Å². The molecule has 0 saturated carbocycles. The Labute approximate surface area is 95.3 Å². The van der Waals surface area contributed by atoms with E-state index < -0.39 is 0 Å². The van der Waals surface area contributed by atoms with E-state index >= 15 is 0 Å². The van der Waals surface area contributed by atoms with Gasteiger partial charge in [0.1, 0.15) is 0 Å². The molecule has 16 heavy (non-hydrogen) atoms. The quantitative estimate of drug-likeness (QED) is 0.813. The van der Waals surface area contributed by atoms with Crippen LogP contribution in [0.2, 0.25) is 0 Å². The van der Waals surface area contributed by atoms with Crippen LogP contribution in [0.3, 0.4) is 0 Å². The first kappa shape index (κ1) is 12.2. The summed E-state index contributed by atoms with van der Waals surface area (Å²) >= 11 is 0. The molecule has 4 heteroatoms. The molecule has 0 aliphatic rings. The zero-order valence-corrected chi connectivity index (χ0v) is 9.31. The van der Waals surface area contributed by atoms with Crippen LogP contribution < -0.4 is 5.73 Å². The van der Waals surface area contributed by atoms with Gasteiger partial charge in [-0.3, -0.25) is 4.79 Å². The molecular formula is C12H15N3O. The second-order valence-electron chi connectivity index (χ2n) is 3.42. The lowest BCUT2D eigenvalue weighted by atomic mass is 10.1. The standard InChI is InChI=1S/C12H15N3O/c1-2-15(12(16)8-14)9-11-5-3-4-10(6-11)7-13/h3-6H,2,8-9,14H2,1H3. The fraction of sp³-hybridized carbons (Fsp3) is 0.333. The van der Waals surface area contributed by atoms with Gasteiger partial charge in [0.05, 0.1) is 18.2 Å². The Morgan fingerprint density at radius 3 is 2.88 bits per heavy atom. The van der Waals surface area contributed by atoms with Crippen LogP contribution in [-0.4, -0.2) is 23.9 Å². The summed E-state index contributed by atoms with van der Waals surface area (Å²) < 4.78 is 0. The molecule has 0 aromatic heterocycles. The predicted octanol–water partition coefficient (Wildman–Crippen LogP) is 0.865. The molecule has 0 saturated heterocycles. The lowest BCUT2D eigenvalue weighted by molar-refractivity contribution is -0.130. The normalized spacial score (nSPS) is 9.56. The third kappa shape index (κ3) is 3.07. The van der Waals surface area contributed by atoms with Crippen LogP contribution in [-0.2, 0) is 11.3 Å². The molecule has 0 aliphatic carbocycles. The van der Waals surface area contributed by atoms with E-state index in [1.165, 1.54) is 0 Å². The van der Waals surface area contributed by atoms with E-state index in [0.29, 0.717) is 18.7 Å². The number of benzene rings is 1. The number of nitrogens with two attached hydrogens (primary N) is 1. The van der Waals surface area contributed by atoms with E-state index in [0.717, 1.165) is 5.56 Å². The van der Waals surface area contributed by atoms with Crippen molar-refractivity contribution in [3.63, 3.8) is 0 Å². The summed E-state index contributed by atoms with van der Waals surface area (Å²) in [6, 6.07) is 9.31. The molecule has 0 aliphatic heterocycles. The van der Waals surface area contributed by atoms with Gasteiger partial charge in [-0.2, -0.15) is 5.26 Å². The highest BCUT2D eigenvalue weighted by Crippen LogP contribution is 2.07. The third-order valence-corrected chi connectivity index (χ3v) is 2.34. The van der Waals surface area contributed by atoms with E-state index in [4.69, 9.17) is 11.0 Å². The molecule has 0 radical (unpaired) electrons. The average Bonchev–Trinajstić information content (AvgIpc) is 2.35. The summed E-state index contributed by atoms with van der Waals surface area (Å²) in [4.78, 5) is 13.1. The highest BCUT2D eigenvalue weighted by molar-refractivity contribution is 5.77. The van der Waals surface area contributed by atoms with Gasteiger partial charge >= 0.3 is 0 Å². The van der Waals surface area contributed by atoms with Gasteiger partial charge in [-0.05, 0) is 24.6 Å². The van der Waals surface area contributed by atoms with Crippen molar-refractivity contribution in [2.75, 3.05) is 13.1 Å². The molecule has 0 heterocycles. The van der Waals surface area contributed by atoms with Crippen molar-refractivity contribution < 1.29 is 4.79 Å². The molecule has 0 spiro atoms. The van der Waals surface area contributed by atoms with Gasteiger partial charge in [-0.15, -0.1) is 0 Å². The lowest BCUT2D eigenvalue weighted by Crippen LogP contribution is -2.35. The second kappa shape index (κ2) is 5.89. The smallest absolute Gasteiger partial charge is 0.236 e. The maximum atomic E-state index is 11.4. The summed E-state index contributed by atoms with van der Waals surface area (Å²) in [5.41, 5.74) is 6.87. The van der Waals surface area contributed by atoms with E-state index in [2.05, 4.69) is 6.07 Å². The van der Waals surface area contributed by atoms with Gasteiger partial charge in [0.25, 0.3) is 0 Å². The van der Waals surface area contributed by atoms with Crippen LogP contribution in [0.15, 0.2) is 24.3 Å². The Balaban J connectivity index is 2.78. The Morgan fingerprint density at radius 2 is 2.31 bits per heavy atom. The Morgan fingerprint density at radius 1 is 1.56 bits per heavy atom. The minimum absolute atomic E-state index is 0.0196. The zero-order valence-electron chi connectivity index (χ0n) is 9.31. The molecule has 0 fully saturated rings. The van der Waals surface area contributed by atoms with Gasteiger partial charge in [-0.1, -0.05) is 12.1 Å². The van der Waals surface area contributed by atoms with Crippen LogP contribution in [0.1, 0.15) is 18.1 Å². The zero-order chi connectivity index (χ0) is 12.0. The number of carbonyl (C=O) groups is 1. The Bertz CT molecular complexity index is 409. The molecule has 0 atom stereocenters. The van der Waals surface area contributed by atoms with Gasteiger partial charge in [0, 0.05) is 13.1 Å². The largest absolute Gasteiger partial charge is 0.338 e. The van der Waals surface area contributed by atoms with Gasteiger partial charge < -0.3 is 10.6 Å². The highest BCUT2D eigenvalue weighted by atomic mass is 16.2. The van der Waals surface area contributed by atoms with E-state index in [1.807, 2.05) is 19.1 Å². The van der Waals surface area contributed by atoms with Crippen molar-refractivity contribution in [1.29, 1.82) is 5.26 Å². The first-order valence-electron chi connectivity index (χ1n) is 5.18. The van der Waals surface area contributed by atoms with Crippen molar-refractivity contribution in [3.8, 4) is 6.07 Å². The fourth-order valence-corrected chi connectivity index (χ4v) is 1.47. The van der Waals surface area contributed by atoms with E-state index in [1.54, 1.807) is 17.0 Å². The fourth-order valence-electron chi connectivity index (χ4n) is 1.47. The van der Waals surface area contributed by atoms with Gasteiger partial charge in [-0.25, -0.2) is 0 Å². The third-order valence-electron chi connectivity index (χ3n) is 2.34. The molecule has 4 nitrogen and oxygen atoms in total. The molecular weight excluding hydrogens is 202 g/mol. The Kier molecular flexibility index (Phi) is 4.49. The summed E-state index contributed by atoms with van der Waals surface area (Å²) in [5.74, 6) is -0.0788. The number of nitriles is 1. The summed E-state index contributed by atoms with van der Waals surface area (Å²) in [6.07, 6.45) is 0. The van der Waals surface area contributed by atoms with Crippen molar-refractivity contribution in [2.45, 2.75) is 13.5 Å². The van der Waals surface area contributed by atoms with Crippen molar-refractivity contribution in [1.82, 2.24) is 4.90 Å². The Hall–Kier alpha value is -1.86. The number of amides is 1. The number of hydrogen-bond acceptors (Lipinski definition) is 3. The molecule has 1 aromatic carbocycles. The first-order valence-corrected chi connectivity index (χ1v) is 5.18. The minimum Gasteiger partial charge on any atom is -0.338 e. The van der Waals surface area contributed by atoms with Gasteiger partial charge in [0.15, 0.2) is 0 Å². The number of nitrogens with zero attached hydrogens (tertiary/aromatic N) is 2. The number of hydrogen-bond donors (Lipinski definition) is 1. The number of rotatable bonds is 4. The first-order chi connectivity index (χ1) is 7.71. The van der Waals surface area contributed by atoms with Crippen LogP contribution >= 0.6 is 0 Å². The van der Waals surface area contributed by atoms with Crippen molar-refractivity contribution >= 4 is 5.91 Å².